The standard InChI is InChI=1S/C16H21ClFN/c1-19-10-16(8-11-5-6-13(16)7-11)9-12-3-2-4-14(17)15(12)18/h2-4,11,13,19H,5-10H2,1H3. The van der Waals surface area contributed by atoms with E-state index in [1.165, 1.54) is 25.7 Å². The zero-order chi connectivity index (χ0) is 13.5. The van der Waals surface area contributed by atoms with Crippen LogP contribution in [0.4, 0.5) is 4.39 Å². The molecule has 2 aliphatic carbocycles. The third-order valence-electron chi connectivity index (χ3n) is 5.21. The average Bonchev–Trinajstić information content (AvgIpc) is 2.96. The summed E-state index contributed by atoms with van der Waals surface area (Å²) in [7, 11) is 2.00. The molecule has 3 atom stereocenters. The van der Waals surface area contributed by atoms with Crippen LogP contribution in [-0.4, -0.2) is 13.6 Å². The summed E-state index contributed by atoms with van der Waals surface area (Å²) in [4.78, 5) is 0. The van der Waals surface area contributed by atoms with Crippen LogP contribution in [0.15, 0.2) is 18.2 Å². The lowest BCUT2D eigenvalue weighted by Gasteiger charge is -2.38. The Bertz CT molecular complexity index is 476. The van der Waals surface area contributed by atoms with Crippen molar-refractivity contribution in [3.05, 3.63) is 34.6 Å². The minimum Gasteiger partial charge on any atom is -0.319 e. The minimum atomic E-state index is -0.220. The van der Waals surface area contributed by atoms with Crippen LogP contribution in [0.3, 0.4) is 0 Å². The van der Waals surface area contributed by atoms with E-state index in [1.807, 2.05) is 19.2 Å². The second-order valence-electron chi connectivity index (χ2n) is 6.36. The molecule has 3 rings (SSSR count). The van der Waals surface area contributed by atoms with E-state index in [0.29, 0.717) is 0 Å². The Morgan fingerprint density at radius 2 is 2.26 bits per heavy atom. The van der Waals surface area contributed by atoms with Gasteiger partial charge in [-0.25, -0.2) is 4.39 Å². The van der Waals surface area contributed by atoms with Crippen molar-refractivity contribution in [1.29, 1.82) is 0 Å². The van der Waals surface area contributed by atoms with Crippen LogP contribution in [0, 0.1) is 23.1 Å². The van der Waals surface area contributed by atoms with Gasteiger partial charge in [0, 0.05) is 6.54 Å². The number of nitrogens with one attached hydrogen (secondary N) is 1. The van der Waals surface area contributed by atoms with E-state index in [0.717, 1.165) is 30.4 Å². The third kappa shape index (κ3) is 2.30. The second-order valence-corrected chi connectivity index (χ2v) is 6.77. The molecule has 1 nitrogen and oxygen atoms in total. The van der Waals surface area contributed by atoms with Crippen molar-refractivity contribution in [2.45, 2.75) is 32.1 Å². The first-order valence-electron chi connectivity index (χ1n) is 7.22. The van der Waals surface area contributed by atoms with Crippen molar-refractivity contribution >= 4 is 11.6 Å². The van der Waals surface area contributed by atoms with Gasteiger partial charge in [0.05, 0.1) is 5.02 Å². The predicted octanol–water partition coefficient (Wildman–Crippen LogP) is 4.05. The molecule has 104 valence electrons. The molecule has 0 spiro atoms. The first-order valence-corrected chi connectivity index (χ1v) is 7.60. The molecule has 2 aliphatic rings. The lowest BCUT2D eigenvalue weighted by atomic mass is 9.69. The van der Waals surface area contributed by atoms with E-state index < -0.39 is 0 Å². The molecule has 2 fully saturated rings. The van der Waals surface area contributed by atoms with Crippen molar-refractivity contribution in [2.24, 2.45) is 17.3 Å². The third-order valence-corrected chi connectivity index (χ3v) is 5.50. The Hall–Kier alpha value is -0.600. The van der Waals surface area contributed by atoms with Crippen molar-refractivity contribution in [3.8, 4) is 0 Å². The second kappa shape index (κ2) is 5.06. The molecule has 1 aromatic carbocycles. The monoisotopic (exact) mass is 281 g/mol. The van der Waals surface area contributed by atoms with Gasteiger partial charge in [0.1, 0.15) is 5.82 Å². The van der Waals surface area contributed by atoms with Crippen LogP contribution in [0.2, 0.25) is 5.02 Å². The fourth-order valence-electron chi connectivity index (χ4n) is 4.47. The van der Waals surface area contributed by atoms with E-state index in [-0.39, 0.29) is 16.3 Å². The molecule has 1 N–H and O–H groups in total. The van der Waals surface area contributed by atoms with Crippen molar-refractivity contribution < 1.29 is 4.39 Å². The highest BCUT2D eigenvalue weighted by Crippen LogP contribution is 2.57. The van der Waals surface area contributed by atoms with E-state index in [4.69, 9.17) is 11.6 Å². The van der Waals surface area contributed by atoms with Gasteiger partial charge in [-0.3, -0.25) is 0 Å². The minimum absolute atomic E-state index is 0.220. The van der Waals surface area contributed by atoms with Gasteiger partial charge < -0.3 is 5.32 Å². The molecule has 2 bridgehead atoms. The highest BCUT2D eigenvalue weighted by Gasteiger charge is 2.50. The van der Waals surface area contributed by atoms with Crippen LogP contribution < -0.4 is 5.32 Å². The van der Waals surface area contributed by atoms with Crippen LogP contribution >= 0.6 is 11.6 Å². The summed E-state index contributed by atoms with van der Waals surface area (Å²) in [6.45, 7) is 0.986. The van der Waals surface area contributed by atoms with Crippen molar-refractivity contribution in [3.63, 3.8) is 0 Å². The van der Waals surface area contributed by atoms with Gasteiger partial charge in [-0.2, -0.15) is 0 Å². The van der Waals surface area contributed by atoms with Gasteiger partial charge in [0.2, 0.25) is 0 Å². The molecule has 19 heavy (non-hydrogen) atoms. The molecule has 3 unspecified atom stereocenters. The Morgan fingerprint density at radius 3 is 2.89 bits per heavy atom. The van der Waals surface area contributed by atoms with Gasteiger partial charge in [0.25, 0.3) is 0 Å². The molecule has 3 heteroatoms. The number of hydrogen-bond acceptors (Lipinski definition) is 1. The number of hydrogen-bond donors (Lipinski definition) is 1. The predicted molar refractivity (Wildman–Crippen MR) is 76.9 cm³/mol. The fraction of sp³-hybridized carbons (Fsp3) is 0.625. The molecular weight excluding hydrogens is 261 g/mol. The van der Waals surface area contributed by atoms with E-state index in [2.05, 4.69) is 5.32 Å². The molecule has 2 saturated carbocycles. The lowest BCUT2D eigenvalue weighted by Crippen LogP contribution is -2.39. The van der Waals surface area contributed by atoms with Crippen LogP contribution in [0.1, 0.15) is 31.2 Å². The zero-order valence-electron chi connectivity index (χ0n) is 11.4. The fourth-order valence-corrected chi connectivity index (χ4v) is 4.66. The highest BCUT2D eigenvalue weighted by atomic mass is 35.5. The molecule has 0 aromatic heterocycles. The quantitative estimate of drug-likeness (QED) is 0.878. The zero-order valence-corrected chi connectivity index (χ0v) is 12.1. The Kier molecular flexibility index (Phi) is 3.57. The summed E-state index contributed by atoms with van der Waals surface area (Å²) < 4.78 is 14.2. The van der Waals surface area contributed by atoms with Crippen LogP contribution in [-0.2, 0) is 6.42 Å². The molecular formula is C16H21ClFN. The first-order chi connectivity index (χ1) is 9.14. The molecule has 0 heterocycles. The molecule has 0 aliphatic heterocycles. The molecule has 0 radical (unpaired) electrons. The van der Waals surface area contributed by atoms with Gasteiger partial charge >= 0.3 is 0 Å². The number of benzene rings is 1. The first kappa shape index (κ1) is 13.4. The maximum Gasteiger partial charge on any atom is 0.144 e. The van der Waals surface area contributed by atoms with Gasteiger partial charge in [-0.05, 0) is 61.6 Å². The summed E-state index contributed by atoms with van der Waals surface area (Å²) >= 11 is 5.91. The van der Waals surface area contributed by atoms with E-state index >= 15 is 0 Å². The molecule has 0 amide bonds. The molecule has 0 saturated heterocycles. The van der Waals surface area contributed by atoms with E-state index in [9.17, 15) is 4.39 Å². The Labute approximate surface area is 119 Å². The van der Waals surface area contributed by atoms with Crippen molar-refractivity contribution in [2.75, 3.05) is 13.6 Å². The summed E-state index contributed by atoms with van der Waals surface area (Å²) in [5.41, 5.74) is 1.03. The maximum atomic E-state index is 14.2. The van der Waals surface area contributed by atoms with Crippen LogP contribution in [0.25, 0.3) is 0 Å². The lowest BCUT2D eigenvalue weighted by molar-refractivity contribution is 0.158. The smallest absolute Gasteiger partial charge is 0.144 e. The van der Waals surface area contributed by atoms with Gasteiger partial charge in [-0.1, -0.05) is 30.2 Å². The highest BCUT2D eigenvalue weighted by molar-refractivity contribution is 6.30. The summed E-state index contributed by atoms with van der Waals surface area (Å²) in [5, 5.41) is 3.58. The van der Waals surface area contributed by atoms with Gasteiger partial charge in [-0.15, -0.1) is 0 Å². The topological polar surface area (TPSA) is 12.0 Å². The average molecular weight is 282 g/mol. The van der Waals surface area contributed by atoms with Crippen LogP contribution in [0.5, 0.6) is 0 Å². The summed E-state index contributed by atoms with van der Waals surface area (Å²) in [6, 6.07) is 5.39. The van der Waals surface area contributed by atoms with Gasteiger partial charge in [0.15, 0.2) is 0 Å². The SMILES string of the molecule is CNCC1(Cc2cccc(Cl)c2F)CC2CCC1C2. The maximum absolute atomic E-state index is 14.2. The summed E-state index contributed by atoms with van der Waals surface area (Å²) in [6.07, 6.45) is 6.08. The normalized spacial score (nSPS) is 33.0. The Morgan fingerprint density at radius 1 is 1.42 bits per heavy atom. The summed E-state index contributed by atoms with van der Waals surface area (Å²) in [5.74, 6) is 1.39. The molecule has 1 aromatic rings. The number of fused-ring (bicyclic) bond motifs is 2. The number of halogens is 2. The Balaban J connectivity index is 1.88. The number of rotatable bonds is 4. The largest absolute Gasteiger partial charge is 0.319 e. The van der Waals surface area contributed by atoms with Crippen molar-refractivity contribution in [1.82, 2.24) is 5.32 Å². The van der Waals surface area contributed by atoms with E-state index in [1.54, 1.807) is 6.07 Å².